The number of aryl methyl sites for hydroxylation is 2. The first kappa shape index (κ1) is 22.9. The largest absolute Gasteiger partial charge is 0.462 e. The molecule has 0 aliphatic rings. The number of hydrogen-bond donors (Lipinski definition) is 1. The summed E-state index contributed by atoms with van der Waals surface area (Å²) < 4.78 is 15.4. The van der Waals surface area contributed by atoms with Gasteiger partial charge in [0.15, 0.2) is 5.78 Å². The van der Waals surface area contributed by atoms with E-state index in [1.165, 1.54) is 6.92 Å². The van der Waals surface area contributed by atoms with Crippen LogP contribution in [-0.4, -0.2) is 36.8 Å². The van der Waals surface area contributed by atoms with E-state index in [-0.39, 0.29) is 54.6 Å². The summed E-state index contributed by atoms with van der Waals surface area (Å²) in [7, 11) is 0. The predicted molar refractivity (Wildman–Crippen MR) is 109 cm³/mol. The van der Waals surface area contributed by atoms with Gasteiger partial charge in [0, 0.05) is 18.4 Å². The number of benzene rings is 1. The molecule has 0 spiro atoms. The third kappa shape index (κ3) is 5.56. The maximum absolute atomic E-state index is 12.4. The number of nitrogens with one attached hydrogen (secondary N) is 1. The second-order valence-corrected chi connectivity index (χ2v) is 6.52. The number of amides is 1. The molecule has 160 valence electrons. The maximum atomic E-state index is 12.4. The third-order valence-electron chi connectivity index (χ3n) is 4.25. The monoisotopic (exact) mass is 415 g/mol. The molecule has 8 heteroatoms. The number of anilines is 1. The van der Waals surface area contributed by atoms with Crippen LogP contribution >= 0.6 is 0 Å². The molecule has 0 unspecified atom stereocenters. The Balaban J connectivity index is 2.16. The van der Waals surface area contributed by atoms with Crippen molar-refractivity contribution in [1.29, 1.82) is 0 Å². The zero-order valence-electron chi connectivity index (χ0n) is 17.5. The topological polar surface area (TPSA) is 112 Å². The first-order valence-corrected chi connectivity index (χ1v) is 9.65. The van der Waals surface area contributed by atoms with Crippen molar-refractivity contribution >= 4 is 29.5 Å². The van der Waals surface area contributed by atoms with E-state index < -0.39 is 17.8 Å². The molecular formula is C22H25NO7. The fraction of sp³-hybridized carbons (Fsp3) is 0.364. The lowest BCUT2D eigenvalue weighted by atomic mass is 10.0. The van der Waals surface area contributed by atoms with Crippen LogP contribution in [-0.2, 0) is 14.3 Å². The van der Waals surface area contributed by atoms with E-state index >= 15 is 0 Å². The minimum atomic E-state index is -0.816. The van der Waals surface area contributed by atoms with Gasteiger partial charge in [0.05, 0.1) is 13.2 Å². The Hall–Kier alpha value is -3.42. The number of esters is 2. The van der Waals surface area contributed by atoms with Crippen molar-refractivity contribution in [3.63, 3.8) is 0 Å². The molecule has 0 fully saturated rings. The van der Waals surface area contributed by atoms with E-state index in [0.29, 0.717) is 5.56 Å². The second-order valence-electron chi connectivity index (χ2n) is 6.52. The number of carbonyl (C=O) groups is 4. The van der Waals surface area contributed by atoms with Crippen molar-refractivity contribution in [2.24, 2.45) is 0 Å². The highest BCUT2D eigenvalue weighted by Gasteiger charge is 2.31. The van der Waals surface area contributed by atoms with Crippen molar-refractivity contribution in [3.05, 3.63) is 52.3 Å². The van der Waals surface area contributed by atoms with Crippen LogP contribution in [0.4, 0.5) is 5.88 Å². The average Bonchev–Trinajstić information content (AvgIpc) is 3.02. The summed E-state index contributed by atoms with van der Waals surface area (Å²) in [6.07, 6.45) is -0.141. The van der Waals surface area contributed by atoms with E-state index in [2.05, 4.69) is 5.32 Å². The number of hydrogen-bond acceptors (Lipinski definition) is 7. The molecule has 1 N–H and O–H groups in total. The fourth-order valence-corrected chi connectivity index (χ4v) is 2.78. The molecule has 0 radical (unpaired) electrons. The van der Waals surface area contributed by atoms with Crippen LogP contribution in [0.5, 0.6) is 0 Å². The first-order chi connectivity index (χ1) is 14.3. The summed E-state index contributed by atoms with van der Waals surface area (Å²) in [5.74, 6) is -2.38. The third-order valence-corrected chi connectivity index (χ3v) is 4.25. The Kier molecular flexibility index (Phi) is 7.91. The van der Waals surface area contributed by atoms with E-state index in [1.54, 1.807) is 26.0 Å². The molecule has 1 aromatic carbocycles. The molecule has 0 aliphatic heterocycles. The number of Topliss-reactive ketones (excluding diaryl/α,β-unsaturated/α-hetero) is 1. The highest BCUT2D eigenvalue weighted by molar-refractivity contribution is 6.09. The highest BCUT2D eigenvalue weighted by Crippen LogP contribution is 2.29. The molecule has 0 aliphatic carbocycles. The van der Waals surface area contributed by atoms with Crippen LogP contribution in [0.15, 0.2) is 28.7 Å². The summed E-state index contributed by atoms with van der Waals surface area (Å²) >= 11 is 0. The number of ether oxygens (including phenoxy) is 2. The molecule has 1 heterocycles. The molecule has 1 aromatic heterocycles. The second kappa shape index (κ2) is 10.4. The average molecular weight is 415 g/mol. The van der Waals surface area contributed by atoms with Gasteiger partial charge in [0.2, 0.25) is 11.8 Å². The Morgan fingerprint density at radius 2 is 1.43 bits per heavy atom. The molecule has 8 nitrogen and oxygen atoms in total. The molecule has 0 saturated carbocycles. The van der Waals surface area contributed by atoms with Crippen LogP contribution in [0.2, 0.25) is 0 Å². The SMILES string of the molecule is CCOC(=O)c1c(C)oc(NC(=O)CCC(=O)c2ccc(C)cc2)c1C(=O)OCC. The van der Waals surface area contributed by atoms with Crippen molar-refractivity contribution in [1.82, 2.24) is 0 Å². The fourth-order valence-electron chi connectivity index (χ4n) is 2.78. The van der Waals surface area contributed by atoms with Crippen LogP contribution in [0.3, 0.4) is 0 Å². The van der Waals surface area contributed by atoms with Gasteiger partial charge in [0.1, 0.15) is 16.9 Å². The van der Waals surface area contributed by atoms with Gasteiger partial charge in [-0.05, 0) is 27.7 Å². The van der Waals surface area contributed by atoms with Crippen LogP contribution in [0.25, 0.3) is 0 Å². The molecule has 0 bridgehead atoms. The normalized spacial score (nSPS) is 10.4. The summed E-state index contributed by atoms with van der Waals surface area (Å²) in [6, 6.07) is 7.05. The van der Waals surface area contributed by atoms with Crippen LogP contribution in [0.1, 0.15) is 69.1 Å². The van der Waals surface area contributed by atoms with Gasteiger partial charge in [0.25, 0.3) is 0 Å². The van der Waals surface area contributed by atoms with E-state index in [9.17, 15) is 19.2 Å². The van der Waals surface area contributed by atoms with Gasteiger partial charge in [-0.3, -0.25) is 14.9 Å². The van der Waals surface area contributed by atoms with E-state index in [4.69, 9.17) is 13.9 Å². The van der Waals surface area contributed by atoms with Crippen LogP contribution < -0.4 is 5.32 Å². The molecule has 2 aromatic rings. The molecule has 30 heavy (non-hydrogen) atoms. The summed E-state index contributed by atoms with van der Waals surface area (Å²) in [6.45, 7) is 6.82. The number of rotatable bonds is 9. The van der Waals surface area contributed by atoms with Gasteiger partial charge in [-0.15, -0.1) is 0 Å². The van der Waals surface area contributed by atoms with Gasteiger partial charge in [-0.1, -0.05) is 29.8 Å². The molecule has 0 atom stereocenters. The first-order valence-electron chi connectivity index (χ1n) is 9.65. The summed E-state index contributed by atoms with van der Waals surface area (Å²) in [4.78, 5) is 49.2. The number of carbonyl (C=O) groups excluding carboxylic acids is 4. The van der Waals surface area contributed by atoms with E-state index in [0.717, 1.165) is 5.56 Å². The smallest absolute Gasteiger partial charge is 0.344 e. The predicted octanol–water partition coefficient (Wildman–Crippen LogP) is 3.85. The molecular weight excluding hydrogens is 390 g/mol. The van der Waals surface area contributed by atoms with Gasteiger partial charge in [-0.2, -0.15) is 0 Å². The Bertz CT molecular complexity index is 941. The molecule has 0 saturated heterocycles. The minimum absolute atomic E-state index is 0.0198. The Labute approximate surface area is 174 Å². The molecule has 2 rings (SSSR count). The number of furan rings is 1. The van der Waals surface area contributed by atoms with Gasteiger partial charge >= 0.3 is 11.9 Å². The summed E-state index contributed by atoms with van der Waals surface area (Å²) in [5.41, 5.74) is 1.24. The lowest BCUT2D eigenvalue weighted by Gasteiger charge is -2.07. The zero-order valence-corrected chi connectivity index (χ0v) is 17.5. The van der Waals surface area contributed by atoms with Crippen molar-refractivity contribution in [2.75, 3.05) is 18.5 Å². The van der Waals surface area contributed by atoms with E-state index in [1.807, 2.05) is 19.1 Å². The zero-order chi connectivity index (χ0) is 22.3. The minimum Gasteiger partial charge on any atom is -0.462 e. The van der Waals surface area contributed by atoms with Crippen molar-refractivity contribution < 1.29 is 33.1 Å². The summed E-state index contributed by atoms with van der Waals surface area (Å²) in [5, 5.41) is 2.46. The lowest BCUT2D eigenvalue weighted by Crippen LogP contribution is -2.18. The van der Waals surface area contributed by atoms with Crippen molar-refractivity contribution in [3.8, 4) is 0 Å². The van der Waals surface area contributed by atoms with Gasteiger partial charge in [-0.25, -0.2) is 9.59 Å². The lowest BCUT2D eigenvalue weighted by molar-refractivity contribution is -0.116. The highest BCUT2D eigenvalue weighted by atomic mass is 16.5. The maximum Gasteiger partial charge on any atom is 0.344 e. The van der Waals surface area contributed by atoms with Crippen molar-refractivity contribution in [2.45, 2.75) is 40.5 Å². The Morgan fingerprint density at radius 1 is 0.867 bits per heavy atom. The molecule has 1 amide bonds. The number of ketones is 1. The van der Waals surface area contributed by atoms with Gasteiger partial charge < -0.3 is 13.9 Å². The standard InChI is InChI=1S/C22H25NO7/c1-5-28-21(26)18-14(4)30-20(19(18)22(27)29-6-2)23-17(25)12-11-16(24)15-9-7-13(3)8-10-15/h7-10H,5-6,11-12H2,1-4H3,(H,23,25). The Morgan fingerprint density at radius 3 is 2.00 bits per heavy atom. The van der Waals surface area contributed by atoms with Crippen LogP contribution in [0, 0.1) is 13.8 Å². The quantitative estimate of drug-likeness (QED) is 0.489.